The second kappa shape index (κ2) is 9.37. The normalized spacial score (nSPS) is 17.8. The second-order valence-electron chi connectivity index (χ2n) is 7.90. The first-order valence-electron chi connectivity index (χ1n) is 10.6. The largest absolute Gasteiger partial charge is 0.480 e. The van der Waals surface area contributed by atoms with Gasteiger partial charge in [0.25, 0.3) is 0 Å². The molecule has 6 heteroatoms. The van der Waals surface area contributed by atoms with Crippen molar-refractivity contribution < 1.29 is 14.6 Å². The van der Waals surface area contributed by atoms with Gasteiger partial charge in [-0.15, -0.1) is 0 Å². The van der Waals surface area contributed by atoms with Crippen LogP contribution in [0.1, 0.15) is 42.1 Å². The van der Waals surface area contributed by atoms with Gasteiger partial charge in [0.2, 0.25) is 0 Å². The number of anilines is 1. The third kappa shape index (κ3) is 4.95. The minimum absolute atomic E-state index is 0.131. The van der Waals surface area contributed by atoms with E-state index in [1.807, 2.05) is 35.2 Å². The first-order chi connectivity index (χ1) is 14.2. The summed E-state index contributed by atoms with van der Waals surface area (Å²) in [5.74, 6) is 0.257. The average molecular weight is 396 g/mol. The summed E-state index contributed by atoms with van der Waals surface area (Å²) in [6.45, 7) is 3.07. The second-order valence-corrected chi connectivity index (χ2v) is 7.90. The number of pyridine rings is 1. The number of rotatable bonds is 9. The number of benzene rings is 1. The summed E-state index contributed by atoms with van der Waals surface area (Å²) in [5, 5.41) is 13.0. The molecular formula is C23H29N3O3. The molecule has 0 radical (unpaired) electrons. The number of nitrogens with one attached hydrogen (secondary N) is 1. The van der Waals surface area contributed by atoms with Crippen LogP contribution in [0.4, 0.5) is 5.82 Å². The summed E-state index contributed by atoms with van der Waals surface area (Å²) in [4.78, 5) is 18.4. The number of carboxylic acid groups (broad SMARTS) is 1. The monoisotopic (exact) mass is 395 g/mol. The van der Waals surface area contributed by atoms with Gasteiger partial charge in [0.1, 0.15) is 11.9 Å². The molecule has 2 N–H and O–H groups in total. The molecule has 0 saturated carbocycles. The fourth-order valence-corrected chi connectivity index (χ4v) is 4.10. The van der Waals surface area contributed by atoms with E-state index in [0.717, 1.165) is 49.3 Å². The van der Waals surface area contributed by atoms with Crippen LogP contribution in [0, 0.1) is 0 Å². The predicted molar refractivity (Wildman–Crippen MR) is 112 cm³/mol. The lowest BCUT2D eigenvalue weighted by molar-refractivity contribution is -0.150. The van der Waals surface area contributed by atoms with E-state index >= 15 is 0 Å². The standard InChI is InChI=1S/C23H29N3O3/c27-23(28)21(17-7-2-1-3-8-17)26-15-20(16-26)29-14-5-4-10-19-12-11-18-9-6-13-24-22(18)25-19/h1-3,7-8,11-12,20-21H,4-6,9-10,13-16H2,(H,24,25)(H,27,28)/t21-/m0/s1. The van der Waals surface area contributed by atoms with Gasteiger partial charge in [0.05, 0.1) is 6.10 Å². The lowest BCUT2D eigenvalue weighted by Gasteiger charge is -2.42. The van der Waals surface area contributed by atoms with Gasteiger partial charge in [-0.05, 0) is 49.3 Å². The Hall–Kier alpha value is -2.44. The fourth-order valence-electron chi connectivity index (χ4n) is 4.10. The van der Waals surface area contributed by atoms with E-state index in [0.29, 0.717) is 19.7 Å². The van der Waals surface area contributed by atoms with Gasteiger partial charge in [-0.25, -0.2) is 4.98 Å². The molecule has 29 heavy (non-hydrogen) atoms. The van der Waals surface area contributed by atoms with Gasteiger partial charge in [-0.2, -0.15) is 0 Å². The smallest absolute Gasteiger partial charge is 0.325 e. The van der Waals surface area contributed by atoms with E-state index in [4.69, 9.17) is 9.72 Å². The number of carboxylic acids is 1. The van der Waals surface area contributed by atoms with Crippen molar-refractivity contribution in [2.24, 2.45) is 0 Å². The molecule has 4 rings (SSSR count). The zero-order valence-electron chi connectivity index (χ0n) is 16.7. The Morgan fingerprint density at radius 1 is 1.21 bits per heavy atom. The van der Waals surface area contributed by atoms with E-state index in [2.05, 4.69) is 17.4 Å². The highest BCUT2D eigenvalue weighted by atomic mass is 16.5. The van der Waals surface area contributed by atoms with Crippen LogP contribution in [0.15, 0.2) is 42.5 Å². The van der Waals surface area contributed by atoms with Crippen LogP contribution < -0.4 is 5.32 Å². The molecule has 0 bridgehead atoms. The van der Waals surface area contributed by atoms with Crippen molar-refractivity contribution in [3.8, 4) is 0 Å². The summed E-state index contributed by atoms with van der Waals surface area (Å²) < 4.78 is 5.94. The highest BCUT2D eigenvalue weighted by Gasteiger charge is 2.37. The first kappa shape index (κ1) is 19.9. The van der Waals surface area contributed by atoms with Gasteiger partial charge < -0.3 is 15.2 Å². The van der Waals surface area contributed by atoms with E-state index in [1.165, 1.54) is 12.0 Å². The quantitative estimate of drug-likeness (QED) is 0.635. The lowest BCUT2D eigenvalue weighted by atomic mass is 10.0. The Balaban J connectivity index is 1.15. The van der Waals surface area contributed by atoms with Crippen molar-refractivity contribution in [2.75, 3.05) is 31.6 Å². The SMILES string of the molecule is O=C(O)[C@H](c1ccccc1)N1CC(OCCCCc2ccc3c(n2)NCCC3)C1. The highest BCUT2D eigenvalue weighted by Crippen LogP contribution is 2.27. The van der Waals surface area contributed by atoms with Gasteiger partial charge >= 0.3 is 5.97 Å². The Kier molecular flexibility index (Phi) is 6.42. The predicted octanol–water partition coefficient (Wildman–Crippen LogP) is 3.29. The summed E-state index contributed by atoms with van der Waals surface area (Å²) >= 11 is 0. The lowest BCUT2D eigenvalue weighted by Crippen LogP contribution is -2.55. The van der Waals surface area contributed by atoms with Gasteiger partial charge in [-0.3, -0.25) is 9.69 Å². The van der Waals surface area contributed by atoms with Gasteiger partial charge in [-0.1, -0.05) is 36.4 Å². The Bertz CT molecular complexity index is 821. The van der Waals surface area contributed by atoms with Gasteiger partial charge in [0.15, 0.2) is 0 Å². The first-order valence-corrected chi connectivity index (χ1v) is 10.6. The van der Waals surface area contributed by atoms with E-state index in [9.17, 15) is 9.90 Å². The minimum atomic E-state index is -0.804. The number of carbonyl (C=O) groups is 1. The molecule has 2 aromatic rings. The van der Waals surface area contributed by atoms with Crippen LogP contribution in [-0.4, -0.2) is 53.3 Å². The van der Waals surface area contributed by atoms with Crippen LogP contribution in [0.3, 0.4) is 0 Å². The molecule has 0 amide bonds. The zero-order chi connectivity index (χ0) is 20.1. The summed E-state index contributed by atoms with van der Waals surface area (Å²) in [6.07, 6.45) is 5.43. The maximum absolute atomic E-state index is 11.7. The molecule has 2 aliphatic rings. The fraction of sp³-hybridized carbons (Fsp3) is 0.478. The number of aliphatic carboxylic acids is 1. The molecule has 0 aliphatic carbocycles. The molecule has 3 heterocycles. The van der Waals surface area contributed by atoms with Crippen molar-refractivity contribution in [1.82, 2.24) is 9.88 Å². The number of nitrogens with zero attached hydrogens (tertiary/aromatic N) is 2. The van der Waals surface area contributed by atoms with E-state index < -0.39 is 12.0 Å². The van der Waals surface area contributed by atoms with Crippen molar-refractivity contribution in [3.05, 3.63) is 59.3 Å². The molecule has 6 nitrogen and oxygen atoms in total. The van der Waals surface area contributed by atoms with E-state index in [1.54, 1.807) is 0 Å². The molecule has 0 unspecified atom stereocenters. The van der Waals surface area contributed by atoms with Crippen molar-refractivity contribution in [2.45, 2.75) is 44.2 Å². The Morgan fingerprint density at radius 2 is 2.03 bits per heavy atom. The molecule has 2 aliphatic heterocycles. The molecule has 1 aromatic carbocycles. The average Bonchev–Trinajstić information content (AvgIpc) is 2.71. The molecule has 1 saturated heterocycles. The number of fused-ring (bicyclic) bond motifs is 1. The summed E-state index contributed by atoms with van der Waals surface area (Å²) in [6, 6.07) is 13.2. The molecule has 1 aromatic heterocycles. The number of unbranched alkanes of at least 4 members (excludes halogenated alkanes) is 1. The van der Waals surface area contributed by atoms with Crippen LogP contribution in [0.25, 0.3) is 0 Å². The number of hydrogen-bond acceptors (Lipinski definition) is 5. The summed E-state index contributed by atoms with van der Waals surface area (Å²) in [5.41, 5.74) is 3.29. The van der Waals surface area contributed by atoms with Crippen LogP contribution in [-0.2, 0) is 22.4 Å². The van der Waals surface area contributed by atoms with E-state index in [-0.39, 0.29) is 6.10 Å². The maximum Gasteiger partial charge on any atom is 0.325 e. The van der Waals surface area contributed by atoms with Gasteiger partial charge in [0, 0.05) is 31.9 Å². The third-order valence-corrected chi connectivity index (χ3v) is 5.72. The number of aryl methyl sites for hydroxylation is 2. The molecule has 154 valence electrons. The number of likely N-dealkylation sites (tertiary alicyclic amines) is 1. The molecule has 0 spiro atoms. The van der Waals surface area contributed by atoms with Crippen LogP contribution in [0.5, 0.6) is 0 Å². The molecular weight excluding hydrogens is 366 g/mol. The molecule has 1 atom stereocenters. The molecule has 1 fully saturated rings. The van der Waals surface area contributed by atoms with Crippen LogP contribution >= 0.6 is 0 Å². The number of ether oxygens (including phenoxy) is 1. The topological polar surface area (TPSA) is 74.7 Å². The Morgan fingerprint density at radius 3 is 2.83 bits per heavy atom. The van der Waals surface area contributed by atoms with Crippen LogP contribution in [0.2, 0.25) is 0 Å². The number of aromatic nitrogens is 1. The third-order valence-electron chi connectivity index (χ3n) is 5.72. The van der Waals surface area contributed by atoms with Crippen molar-refractivity contribution >= 4 is 11.8 Å². The highest BCUT2D eigenvalue weighted by molar-refractivity contribution is 5.75. The van der Waals surface area contributed by atoms with Crippen molar-refractivity contribution in [3.63, 3.8) is 0 Å². The number of hydrogen-bond donors (Lipinski definition) is 2. The summed E-state index contributed by atoms with van der Waals surface area (Å²) in [7, 11) is 0. The maximum atomic E-state index is 11.7. The Labute approximate surface area is 171 Å². The van der Waals surface area contributed by atoms with Crippen molar-refractivity contribution in [1.29, 1.82) is 0 Å². The zero-order valence-corrected chi connectivity index (χ0v) is 16.7. The minimum Gasteiger partial charge on any atom is -0.480 e.